The zero-order valence-corrected chi connectivity index (χ0v) is 14.2. The van der Waals surface area contributed by atoms with E-state index < -0.39 is 0 Å². The molecule has 5 rings (SSSR count). The van der Waals surface area contributed by atoms with E-state index in [0.29, 0.717) is 24.7 Å². The molecular weight excluding hydrogens is 316 g/mol. The first kappa shape index (κ1) is 14.6. The first-order chi connectivity index (χ1) is 12.2. The van der Waals surface area contributed by atoms with Crippen molar-refractivity contribution in [2.45, 2.75) is 31.8 Å². The molecule has 2 aromatic heterocycles. The molecule has 1 amide bonds. The van der Waals surface area contributed by atoms with Crippen molar-refractivity contribution in [2.24, 2.45) is 0 Å². The number of carbonyl (C=O) groups excluding carboxylic acids is 1. The average molecular weight is 336 g/mol. The second kappa shape index (κ2) is 5.37. The lowest BCUT2D eigenvalue weighted by atomic mass is 10.2. The number of nitrogens with one attached hydrogen (secondary N) is 1. The van der Waals surface area contributed by atoms with E-state index in [0.717, 1.165) is 28.9 Å². The SMILES string of the molecule is COc1ccc2cc(C(=O)N3CCn4nc(C5CC5)cc4C3)[nH]c2c1. The Balaban J connectivity index is 1.40. The van der Waals surface area contributed by atoms with Gasteiger partial charge in [-0.2, -0.15) is 5.10 Å². The van der Waals surface area contributed by atoms with Crippen LogP contribution in [0.3, 0.4) is 0 Å². The van der Waals surface area contributed by atoms with Crippen molar-refractivity contribution in [3.05, 3.63) is 47.4 Å². The van der Waals surface area contributed by atoms with Crippen molar-refractivity contribution in [1.29, 1.82) is 0 Å². The number of rotatable bonds is 3. The van der Waals surface area contributed by atoms with E-state index in [-0.39, 0.29) is 5.91 Å². The normalized spacial score (nSPS) is 16.9. The second-order valence-electron chi connectivity index (χ2n) is 6.92. The Morgan fingerprint density at radius 2 is 2.12 bits per heavy atom. The molecule has 1 aliphatic heterocycles. The van der Waals surface area contributed by atoms with E-state index in [1.54, 1.807) is 7.11 Å². The van der Waals surface area contributed by atoms with Crippen LogP contribution in [0.4, 0.5) is 0 Å². The van der Waals surface area contributed by atoms with E-state index in [1.165, 1.54) is 18.5 Å². The summed E-state index contributed by atoms with van der Waals surface area (Å²) >= 11 is 0. The summed E-state index contributed by atoms with van der Waals surface area (Å²) in [5.41, 5.74) is 3.88. The lowest BCUT2D eigenvalue weighted by Gasteiger charge is -2.27. The lowest BCUT2D eigenvalue weighted by Crippen LogP contribution is -2.38. The number of nitrogens with zero attached hydrogens (tertiary/aromatic N) is 3. The number of benzene rings is 1. The number of hydrogen-bond acceptors (Lipinski definition) is 3. The zero-order chi connectivity index (χ0) is 17.0. The molecule has 1 fully saturated rings. The highest BCUT2D eigenvalue weighted by molar-refractivity contribution is 5.98. The fourth-order valence-corrected chi connectivity index (χ4v) is 3.56. The van der Waals surface area contributed by atoms with E-state index in [2.05, 4.69) is 15.7 Å². The molecule has 1 aliphatic carbocycles. The monoisotopic (exact) mass is 336 g/mol. The highest BCUT2D eigenvalue weighted by atomic mass is 16.5. The molecular formula is C19H20N4O2. The van der Waals surface area contributed by atoms with Gasteiger partial charge >= 0.3 is 0 Å². The maximum atomic E-state index is 12.9. The summed E-state index contributed by atoms with van der Waals surface area (Å²) in [5.74, 6) is 1.46. The van der Waals surface area contributed by atoms with Crippen LogP contribution in [-0.4, -0.2) is 39.2 Å². The molecule has 0 spiro atoms. The quantitative estimate of drug-likeness (QED) is 0.800. The van der Waals surface area contributed by atoms with Gasteiger partial charge in [0.25, 0.3) is 5.91 Å². The van der Waals surface area contributed by atoms with Crippen LogP contribution in [0, 0.1) is 0 Å². The Bertz CT molecular complexity index is 967. The van der Waals surface area contributed by atoms with Gasteiger partial charge in [0.05, 0.1) is 31.6 Å². The number of ether oxygens (including phenoxy) is 1. The van der Waals surface area contributed by atoms with Gasteiger partial charge in [0.15, 0.2) is 0 Å². The highest BCUT2D eigenvalue weighted by Gasteiger charge is 2.30. The Labute approximate surface area is 145 Å². The van der Waals surface area contributed by atoms with Gasteiger partial charge in [-0.05, 0) is 37.1 Å². The molecule has 128 valence electrons. The number of fused-ring (bicyclic) bond motifs is 2. The topological polar surface area (TPSA) is 63.1 Å². The number of carbonyl (C=O) groups is 1. The summed E-state index contributed by atoms with van der Waals surface area (Å²) < 4.78 is 7.31. The van der Waals surface area contributed by atoms with Crippen LogP contribution < -0.4 is 4.74 Å². The summed E-state index contributed by atoms with van der Waals surface area (Å²) in [6, 6.07) is 9.88. The molecule has 3 aromatic rings. The van der Waals surface area contributed by atoms with E-state index >= 15 is 0 Å². The number of amides is 1. The third kappa shape index (κ3) is 2.49. The number of aromatic nitrogens is 3. The number of aromatic amines is 1. The largest absolute Gasteiger partial charge is 0.497 e. The summed E-state index contributed by atoms with van der Waals surface area (Å²) in [7, 11) is 1.64. The Morgan fingerprint density at radius 1 is 1.24 bits per heavy atom. The minimum Gasteiger partial charge on any atom is -0.497 e. The van der Waals surface area contributed by atoms with Gasteiger partial charge < -0.3 is 14.6 Å². The minimum absolute atomic E-state index is 0.0376. The molecule has 2 aliphatic rings. The van der Waals surface area contributed by atoms with Crippen molar-refractivity contribution in [3.63, 3.8) is 0 Å². The molecule has 1 aromatic carbocycles. The van der Waals surface area contributed by atoms with Gasteiger partial charge in [-0.1, -0.05) is 0 Å². The van der Waals surface area contributed by atoms with Crippen LogP contribution >= 0.6 is 0 Å². The molecule has 1 saturated carbocycles. The van der Waals surface area contributed by atoms with Crippen LogP contribution in [0.1, 0.15) is 40.6 Å². The molecule has 6 nitrogen and oxygen atoms in total. The molecule has 0 atom stereocenters. The van der Waals surface area contributed by atoms with Crippen molar-refractivity contribution >= 4 is 16.8 Å². The predicted octanol–water partition coefficient (Wildman–Crippen LogP) is 2.91. The van der Waals surface area contributed by atoms with E-state index in [9.17, 15) is 4.79 Å². The Hall–Kier alpha value is -2.76. The molecule has 0 bridgehead atoms. The molecule has 0 radical (unpaired) electrons. The van der Waals surface area contributed by atoms with Gasteiger partial charge in [0.1, 0.15) is 11.4 Å². The standard InChI is InChI=1S/C19H20N4O2/c1-25-15-5-4-13-8-18(20-16(13)10-15)19(24)22-6-7-23-14(11-22)9-17(21-23)12-2-3-12/h4-5,8-10,12,20H,2-3,6-7,11H2,1H3. The van der Waals surface area contributed by atoms with Crippen LogP contribution in [0.5, 0.6) is 5.75 Å². The van der Waals surface area contributed by atoms with E-state index in [4.69, 9.17) is 9.84 Å². The molecule has 25 heavy (non-hydrogen) atoms. The summed E-state index contributed by atoms with van der Waals surface area (Å²) in [4.78, 5) is 18.0. The van der Waals surface area contributed by atoms with E-state index in [1.807, 2.05) is 29.2 Å². The second-order valence-corrected chi connectivity index (χ2v) is 6.92. The smallest absolute Gasteiger partial charge is 0.270 e. The maximum absolute atomic E-state index is 12.9. The van der Waals surface area contributed by atoms with Gasteiger partial charge in [-0.15, -0.1) is 0 Å². The Kier molecular flexibility index (Phi) is 3.13. The number of H-pyrrole nitrogens is 1. The van der Waals surface area contributed by atoms with Crippen LogP contribution in [0.15, 0.2) is 30.3 Å². The molecule has 0 unspecified atom stereocenters. The van der Waals surface area contributed by atoms with Crippen LogP contribution in [0.2, 0.25) is 0 Å². The fraction of sp³-hybridized carbons (Fsp3) is 0.368. The first-order valence-electron chi connectivity index (χ1n) is 8.74. The van der Waals surface area contributed by atoms with Crippen molar-refractivity contribution in [2.75, 3.05) is 13.7 Å². The van der Waals surface area contributed by atoms with Crippen molar-refractivity contribution in [3.8, 4) is 5.75 Å². The number of hydrogen-bond donors (Lipinski definition) is 1. The summed E-state index contributed by atoms with van der Waals surface area (Å²) in [5, 5.41) is 5.71. The summed E-state index contributed by atoms with van der Waals surface area (Å²) in [6.07, 6.45) is 2.50. The predicted molar refractivity (Wildman–Crippen MR) is 93.8 cm³/mol. The molecule has 6 heteroatoms. The third-order valence-electron chi connectivity index (χ3n) is 5.16. The molecule has 1 N–H and O–H groups in total. The van der Waals surface area contributed by atoms with Gasteiger partial charge in [-0.25, -0.2) is 0 Å². The molecule has 3 heterocycles. The van der Waals surface area contributed by atoms with Gasteiger partial charge in [0, 0.05) is 29.4 Å². The minimum atomic E-state index is 0.0376. The third-order valence-corrected chi connectivity index (χ3v) is 5.16. The molecule has 0 saturated heterocycles. The Morgan fingerprint density at radius 3 is 2.92 bits per heavy atom. The van der Waals surface area contributed by atoms with Crippen molar-refractivity contribution < 1.29 is 9.53 Å². The zero-order valence-electron chi connectivity index (χ0n) is 14.2. The fourth-order valence-electron chi connectivity index (χ4n) is 3.56. The van der Waals surface area contributed by atoms with Crippen molar-refractivity contribution in [1.82, 2.24) is 19.7 Å². The highest BCUT2D eigenvalue weighted by Crippen LogP contribution is 2.39. The lowest BCUT2D eigenvalue weighted by molar-refractivity contribution is 0.0701. The van der Waals surface area contributed by atoms with Crippen LogP contribution in [0.25, 0.3) is 10.9 Å². The average Bonchev–Trinajstić information content (AvgIpc) is 3.26. The summed E-state index contributed by atoms with van der Waals surface area (Å²) in [6.45, 7) is 2.08. The maximum Gasteiger partial charge on any atom is 0.270 e. The number of methoxy groups -OCH3 is 1. The van der Waals surface area contributed by atoms with Gasteiger partial charge in [0.2, 0.25) is 0 Å². The van der Waals surface area contributed by atoms with Crippen LogP contribution in [-0.2, 0) is 13.1 Å². The van der Waals surface area contributed by atoms with Gasteiger partial charge in [-0.3, -0.25) is 9.48 Å². The first-order valence-corrected chi connectivity index (χ1v) is 8.74.